The molecule has 0 spiro atoms. The van der Waals surface area contributed by atoms with Gasteiger partial charge in [0.25, 0.3) is 0 Å². The predicted molar refractivity (Wildman–Crippen MR) is 69.3 cm³/mol. The summed E-state index contributed by atoms with van der Waals surface area (Å²) < 4.78 is 0. The minimum Gasteiger partial charge on any atom is -0.480 e. The number of nitrogens with two attached hydrogens (primary N) is 2. The summed E-state index contributed by atoms with van der Waals surface area (Å²) in [4.78, 5) is 19.5. The second kappa shape index (κ2) is 12.0. The molecule has 0 aliphatic heterocycles. The summed E-state index contributed by atoms with van der Waals surface area (Å²) in [5.74, 6) is -1.63. The van der Waals surface area contributed by atoms with Crippen molar-refractivity contribution in [2.75, 3.05) is 11.5 Å². The highest BCUT2D eigenvalue weighted by molar-refractivity contribution is 7.80. The molecule has 0 aromatic carbocycles. The van der Waals surface area contributed by atoms with Gasteiger partial charge in [-0.1, -0.05) is 0 Å². The summed E-state index contributed by atoms with van der Waals surface area (Å²) >= 11 is 7.30. The maximum Gasteiger partial charge on any atom is 0.321 e. The van der Waals surface area contributed by atoms with Gasteiger partial charge in [-0.3, -0.25) is 9.59 Å². The zero-order valence-electron chi connectivity index (χ0n) is 7.83. The first-order chi connectivity index (χ1) is 6.36. The molecule has 0 amide bonds. The van der Waals surface area contributed by atoms with Crippen molar-refractivity contribution in [2.45, 2.75) is 12.1 Å². The molecule has 0 radical (unpaired) electrons. The molecule has 6 N–H and O–H groups in total. The Morgan fingerprint density at radius 2 is 1.20 bits per heavy atom. The summed E-state index contributed by atoms with van der Waals surface area (Å²) in [6, 6.07) is -1.63. The van der Waals surface area contributed by atoms with Crippen LogP contribution in [0.4, 0.5) is 0 Å². The van der Waals surface area contributed by atoms with E-state index >= 15 is 0 Å². The minimum absolute atomic E-state index is 0. The van der Waals surface area contributed by atoms with Crippen molar-refractivity contribution in [3.63, 3.8) is 0 Å². The number of rotatable bonds is 4. The second-order valence-electron chi connectivity index (χ2n) is 2.25. The van der Waals surface area contributed by atoms with E-state index in [-0.39, 0.29) is 25.0 Å². The normalized spacial score (nSPS) is 12.5. The van der Waals surface area contributed by atoms with E-state index in [0.29, 0.717) is 0 Å². The summed E-state index contributed by atoms with van der Waals surface area (Å²) in [7, 11) is 0. The van der Waals surface area contributed by atoms with Crippen LogP contribution in [0.2, 0.25) is 0 Å². The summed E-state index contributed by atoms with van der Waals surface area (Å²) in [6.07, 6.45) is 0. The molecule has 0 aromatic heterocycles. The van der Waals surface area contributed by atoms with Crippen LogP contribution in [0.25, 0.3) is 0 Å². The number of aliphatic carboxylic acids is 2. The zero-order chi connectivity index (χ0) is 11.7. The Hall–Kier alpha value is -0.0900. The Kier molecular flexibility index (Phi) is 16.2. The van der Waals surface area contributed by atoms with Crippen molar-refractivity contribution < 1.29 is 19.8 Å². The Bertz CT molecular complexity index is 173. The summed E-state index contributed by atoms with van der Waals surface area (Å²) in [6.45, 7) is 0. The van der Waals surface area contributed by atoms with Gasteiger partial charge >= 0.3 is 11.9 Å². The van der Waals surface area contributed by atoms with Gasteiger partial charge in [-0.2, -0.15) is 38.8 Å². The molecule has 0 aromatic rings. The van der Waals surface area contributed by atoms with E-state index in [9.17, 15) is 9.59 Å². The number of carboxylic acid groups (broad SMARTS) is 2. The fraction of sp³-hybridized carbons (Fsp3) is 0.667. The first-order valence-corrected chi connectivity index (χ1v) is 4.81. The lowest BCUT2D eigenvalue weighted by Gasteiger charge is -1.96. The largest absolute Gasteiger partial charge is 0.480 e. The van der Waals surface area contributed by atoms with Crippen molar-refractivity contribution in [2.24, 2.45) is 11.5 Å². The molecule has 6 nitrogen and oxygen atoms in total. The Balaban J connectivity index is -0.000000180. The lowest BCUT2D eigenvalue weighted by Crippen LogP contribution is -2.31. The lowest BCUT2D eigenvalue weighted by atomic mass is 10.4. The van der Waals surface area contributed by atoms with Gasteiger partial charge in [-0.25, -0.2) is 0 Å². The quantitative estimate of drug-likeness (QED) is 0.357. The predicted octanol–water partition coefficient (Wildman–Crippen LogP) is -1.23. The third-order valence-corrected chi connectivity index (χ3v) is 1.81. The summed E-state index contributed by atoms with van der Waals surface area (Å²) in [5, 5.41) is 16.0. The second-order valence-corrected chi connectivity index (χ2v) is 2.98. The molecule has 0 saturated carbocycles. The van der Waals surface area contributed by atoms with Gasteiger partial charge in [0.15, 0.2) is 0 Å². The minimum atomic E-state index is -1.00. The van der Waals surface area contributed by atoms with E-state index in [4.69, 9.17) is 21.7 Å². The fourth-order valence-electron chi connectivity index (χ4n) is 0.156. The van der Waals surface area contributed by atoms with Crippen molar-refractivity contribution in [1.29, 1.82) is 0 Å². The number of carboxylic acids is 2. The van der Waals surface area contributed by atoms with Crippen molar-refractivity contribution in [1.82, 2.24) is 0 Å². The number of carbonyl (C=O) groups is 2. The Morgan fingerprint density at radius 3 is 1.20 bits per heavy atom. The smallest absolute Gasteiger partial charge is 0.321 e. The van der Waals surface area contributed by atoms with Gasteiger partial charge in [0.2, 0.25) is 0 Å². The monoisotopic (exact) mass is 276 g/mol. The Labute approximate surface area is 106 Å². The molecule has 2 atom stereocenters. The molecule has 0 heterocycles. The van der Waals surface area contributed by atoms with Gasteiger partial charge in [0.1, 0.15) is 12.1 Å². The number of hydrogen-bond acceptors (Lipinski definition) is 6. The van der Waals surface area contributed by atoms with E-state index in [2.05, 4.69) is 25.3 Å². The highest BCUT2D eigenvalue weighted by atomic mass is 32.1. The highest BCUT2D eigenvalue weighted by Gasteiger charge is 2.06. The van der Waals surface area contributed by atoms with Gasteiger partial charge in [0.05, 0.1) is 0 Å². The van der Waals surface area contributed by atoms with Crippen LogP contribution in [-0.4, -0.2) is 45.7 Å². The van der Waals surface area contributed by atoms with E-state index in [0.717, 1.165) is 0 Å². The summed E-state index contributed by atoms with van der Waals surface area (Å²) in [5.41, 5.74) is 9.88. The van der Waals surface area contributed by atoms with E-state index < -0.39 is 24.0 Å². The van der Waals surface area contributed by atoms with Crippen LogP contribution in [0.5, 0.6) is 0 Å². The molecule has 0 rings (SSSR count). The van der Waals surface area contributed by atoms with Crippen molar-refractivity contribution in [3.8, 4) is 0 Å². The van der Waals surface area contributed by atoms with Crippen LogP contribution in [0.1, 0.15) is 0 Å². The van der Waals surface area contributed by atoms with Crippen LogP contribution >= 0.6 is 38.8 Å². The van der Waals surface area contributed by atoms with E-state index in [1.165, 1.54) is 0 Å². The topological polar surface area (TPSA) is 127 Å². The molecule has 9 heteroatoms. The number of thiol groups is 2. The van der Waals surface area contributed by atoms with Crippen LogP contribution in [0.15, 0.2) is 0 Å². The average molecular weight is 276 g/mol. The maximum atomic E-state index is 9.76. The lowest BCUT2D eigenvalue weighted by molar-refractivity contribution is -0.138. The molecule has 0 aliphatic carbocycles. The first kappa shape index (κ1) is 20.3. The Morgan fingerprint density at radius 1 is 1.00 bits per heavy atom. The maximum absolute atomic E-state index is 9.76. The third-order valence-electron chi connectivity index (χ3n) is 1.03. The van der Waals surface area contributed by atoms with Crippen LogP contribution in [0.3, 0.4) is 0 Å². The molecular formula is C6H16N2O4S3. The molecule has 0 saturated heterocycles. The molecule has 15 heavy (non-hydrogen) atoms. The SMILES string of the molecule is NC(CS)C(=O)O.NC(CS)C(=O)O.S. The molecule has 0 bridgehead atoms. The third kappa shape index (κ3) is 13.9. The van der Waals surface area contributed by atoms with Gasteiger partial charge in [-0.05, 0) is 0 Å². The highest BCUT2D eigenvalue weighted by Crippen LogP contribution is 1.80. The molecule has 0 aliphatic rings. The molecular weight excluding hydrogens is 260 g/mol. The molecule has 2 unspecified atom stereocenters. The number of hydrogen-bond donors (Lipinski definition) is 6. The van der Waals surface area contributed by atoms with Crippen LogP contribution in [-0.2, 0) is 9.59 Å². The molecule has 0 fully saturated rings. The van der Waals surface area contributed by atoms with Gasteiger partial charge in [-0.15, -0.1) is 0 Å². The van der Waals surface area contributed by atoms with E-state index in [1.54, 1.807) is 0 Å². The van der Waals surface area contributed by atoms with Crippen LogP contribution < -0.4 is 11.5 Å². The fourth-order valence-corrected chi connectivity index (χ4v) is 0.469. The van der Waals surface area contributed by atoms with E-state index in [1.807, 2.05) is 0 Å². The van der Waals surface area contributed by atoms with Crippen molar-refractivity contribution >= 4 is 50.7 Å². The van der Waals surface area contributed by atoms with Crippen LogP contribution in [0, 0.1) is 0 Å². The first-order valence-electron chi connectivity index (χ1n) is 3.55. The molecule has 92 valence electrons. The standard InChI is InChI=1S/2C3H7NO2S.H2S/c2*4-2(1-7)3(5)6;/h2*2,7H,1,4H2,(H,5,6);1H2. The van der Waals surface area contributed by atoms with Gasteiger partial charge in [0, 0.05) is 11.5 Å². The van der Waals surface area contributed by atoms with Gasteiger partial charge < -0.3 is 21.7 Å². The van der Waals surface area contributed by atoms with Crippen molar-refractivity contribution in [3.05, 3.63) is 0 Å². The average Bonchev–Trinajstić information content (AvgIpc) is 2.15. The zero-order valence-corrected chi connectivity index (χ0v) is 10.6.